The Bertz CT molecular complexity index is 967. The van der Waals surface area contributed by atoms with Crippen LogP contribution in [-0.4, -0.2) is 25.7 Å². The van der Waals surface area contributed by atoms with E-state index < -0.39 is 5.82 Å². The normalized spacial score (nSPS) is 20.0. The summed E-state index contributed by atoms with van der Waals surface area (Å²) in [5, 5.41) is 7.27. The second kappa shape index (κ2) is 5.20. The van der Waals surface area contributed by atoms with Gasteiger partial charge in [0.2, 0.25) is 0 Å². The number of nitrogens with one attached hydrogen (secondary N) is 1. The standard InChI is InChI=1S/C18H14FN5O/c19-11-1-2-15(21-9-11)22-18(25)16-14-8-10-7-13(10)17(14)24(23-16)12-3-5-20-6-4-12/h1-6,9-10,13H,7-8H2,(H,21,22,25)/t10-,13-/m1/s1. The van der Waals surface area contributed by atoms with Gasteiger partial charge in [-0.25, -0.2) is 14.1 Å². The maximum Gasteiger partial charge on any atom is 0.277 e. The van der Waals surface area contributed by atoms with E-state index >= 15 is 0 Å². The number of amides is 1. The van der Waals surface area contributed by atoms with Gasteiger partial charge in [-0.05, 0) is 43.0 Å². The number of aromatic nitrogens is 4. The second-order valence-corrected chi connectivity index (χ2v) is 6.45. The highest BCUT2D eigenvalue weighted by molar-refractivity contribution is 6.03. The van der Waals surface area contributed by atoms with Gasteiger partial charge < -0.3 is 5.32 Å². The highest BCUT2D eigenvalue weighted by atomic mass is 19.1. The lowest BCUT2D eigenvalue weighted by atomic mass is 10.1. The number of halogens is 1. The average molecular weight is 335 g/mol. The van der Waals surface area contributed by atoms with Gasteiger partial charge in [0.1, 0.15) is 11.6 Å². The second-order valence-electron chi connectivity index (χ2n) is 6.45. The summed E-state index contributed by atoms with van der Waals surface area (Å²) >= 11 is 0. The van der Waals surface area contributed by atoms with Crippen LogP contribution in [-0.2, 0) is 6.42 Å². The summed E-state index contributed by atoms with van der Waals surface area (Å²) in [7, 11) is 0. The molecule has 3 aromatic rings. The fraction of sp³-hybridized carbons (Fsp3) is 0.222. The van der Waals surface area contributed by atoms with Crippen LogP contribution < -0.4 is 5.32 Å². The minimum absolute atomic E-state index is 0.307. The molecule has 2 aliphatic carbocycles. The van der Waals surface area contributed by atoms with Crippen molar-refractivity contribution in [2.24, 2.45) is 5.92 Å². The van der Waals surface area contributed by atoms with Crippen molar-refractivity contribution in [1.29, 1.82) is 0 Å². The van der Waals surface area contributed by atoms with E-state index in [2.05, 4.69) is 20.4 Å². The zero-order valence-electron chi connectivity index (χ0n) is 13.2. The maximum absolute atomic E-state index is 13.0. The van der Waals surface area contributed by atoms with Gasteiger partial charge in [-0.1, -0.05) is 0 Å². The van der Waals surface area contributed by atoms with Crippen molar-refractivity contribution in [3.05, 3.63) is 65.6 Å². The Morgan fingerprint density at radius 3 is 2.84 bits per heavy atom. The average Bonchev–Trinajstić information content (AvgIpc) is 3.13. The molecule has 0 aromatic carbocycles. The van der Waals surface area contributed by atoms with E-state index in [0.717, 1.165) is 36.0 Å². The molecule has 6 nitrogen and oxygen atoms in total. The molecule has 7 heteroatoms. The smallest absolute Gasteiger partial charge is 0.277 e. The number of hydrogen-bond donors (Lipinski definition) is 1. The zero-order chi connectivity index (χ0) is 17.0. The lowest BCUT2D eigenvalue weighted by Gasteiger charge is -2.05. The summed E-state index contributed by atoms with van der Waals surface area (Å²) in [5.74, 6) is 0.657. The first kappa shape index (κ1) is 14.3. The van der Waals surface area contributed by atoms with E-state index in [1.807, 2.05) is 16.8 Å². The van der Waals surface area contributed by atoms with Crippen LogP contribution in [0.1, 0.15) is 34.1 Å². The van der Waals surface area contributed by atoms with Crippen molar-refractivity contribution in [1.82, 2.24) is 19.7 Å². The first-order valence-electron chi connectivity index (χ1n) is 8.16. The number of pyridine rings is 2. The first-order valence-corrected chi connectivity index (χ1v) is 8.16. The molecule has 0 spiro atoms. The topological polar surface area (TPSA) is 72.7 Å². The van der Waals surface area contributed by atoms with E-state index in [1.54, 1.807) is 12.4 Å². The molecule has 3 heterocycles. The van der Waals surface area contributed by atoms with E-state index in [4.69, 9.17) is 0 Å². The number of hydrogen-bond acceptors (Lipinski definition) is 4. The molecule has 0 unspecified atom stereocenters. The molecule has 2 aliphatic rings. The lowest BCUT2D eigenvalue weighted by molar-refractivity contribution is 0.102. The molecule has 0 saturated heterocycles. The van der Waals surface area contributed by atoms with E-state index in [-0.39, 0.29) is 5.91 Å². The zero-order valence-corrected chi connectivity index (χ0v) is 13.2. The molecule has 2 atom stereocenters. The Morgan fingerprint density at radius 1 is 1.24 bits per heavy atom. The van der Waals surface area contributed by atoms with Gasteiger partial charge >= 0.3 is 0 Å². The molecule has 5 rings (SSSR count). The largest absolute Gasteiger partial charge is 0.305 e. The third-order valence-corrected chi connectivity index (χ3v) is 4.85. The first-order chi connectivity index (χ1) is 12.2. The SMILES string of the molecule is O=C(Nc1ccc(F)cn1)c1nn(-c2ccncc2)c2c1C[C@H]1C[C@@H]21. The Hall–Kier alpha value is -3.09. The summed E-state index contributed by atoms with van der Waals surface area (Å²) in [6.45, 7) is 0. The highest BCUT2D eigenvalue weighted by Crippen LogP contribution is 2.57. The molecule has 25 heavy (non-hydrogen) atoms. The molecule has 1 saturated carbocycles. The fourth-order valence-corrected chi connectivity index (χ4v) is 3.61. The third-order valence-electron chi connectivity index (χ3n) is 4.85. The van der Waals surface area contributed by atoms with E-state index in [1.165, 1.54) is 12.1 Å². The van der Waals surface area contributed by atoms with Crippen LogP contribution in [0.15, 0.2) is 42.9 Å². The van der Waals surface area contributed by atoms with Gasteiger partial charge in [-0.15, -0.1) is 0 Å². The maximum atomic E-state index is 13.0. The Labute approximate surface area is 142 Å². The number of carbonyl (C=O) groups excluding carboxylic acids is 1. The molecule has 1 amide bonds. The number of nitrogens with zero attached hydrogens (tertiary/aromatic N) is 4. The van der Waals surface area contributed by atoms with E-state index in [9.17, 15) is 9.18 Å². The van der Waals surface area contributed by atoms with Gasteiger partial charge in [0.05, 0.1) is 17.6 Å². The van der Waals surface area contributed by atoms with Crippen molar-refractivity contribution in [2.75, 3.05) is 5.32 Å². The van der Waals surface area contributed by atoms with Crippen LogP contribution >= 0.6 is 0 Å². The van der Waals surface area contributed by atoms with E-state index in [0.29, 0.717) is 23.3 Å². The lowest BCUT2D eigenvalue weighted by Crippen LogP contribution is -2.16. The van der Waals surface area contributed by atoms with Crippen LogP contribution in [0.4, 0.5) is 10.2 Å². The third kappa shape index (κ3) is 2.31. The molecule has 1 fully saturated rings. The molecule has 0 aliphatic heterocycles. The van der Waals surface area contributed by atoms with Gasteiger partial charge in [0, 0.05) is 23.9 Å². The number of carbonyl (C=O) groups is 1. The number of rotatable bonds is 3. The van der Waals surface area contributed by atoms with Gasteiger partial charge in [-0.2, -0.15) is 5.10 Å². The Balaban J connectivity index is 1.53. The Kier molecular flexibility index (Phi) is 2.97. The van der Waals surface area contributed by atoms with Crippen LogP contribution in [0.5, 0.6) is 0 Å². The van der Waals surface area contributed by atoms with Crippen molar-refractivity contribution in [3.63, 3.8) is 0 Å². The molecule has 124 valence electrons. The summed E-state index contributed by atoms with van der Waals surface area (Å²) in [5.41, 5.74) is 3.47. The predicted octanol–water partition coefficient (Wildman–Crippen LogP) is 2.71. The van der Waals surface area contributed by atoms with Gasteiger partial charge in [-0.3, -0.25) is 9.78 Å². The molecular weight excluding hydrogens is 321 g/mol. The minimum atomic E-state index is -0.444. The van der Waals surface area contributed by atoms with Gasteiger partial charge in [0.25, 0.3) is 5.91 Å². The minimum Gasteiger partial charge on any atom is -0.305 e. The molecule has 1 N–H and O–H groups in total. The van der Waals surface area contributed by atoms with Crippen molar-refractivity contribution in [3.8, 4) is 5.69 Å². The van der Waals surface area contributed by atoms with Crippen LogP contribution in [0.3, 0.4) is 0 Å². The molecule has 0 radical (unpaired) electrons. The number of fused-ring (bicyclic) bond motifs is 3. The summed E-state index contributed by atoms with van der Waals surface area (Å²) in [6, 6.07) is 6.46. The van der Waals surface area contributed by atoms with Crippen molar-refractivity contribution >= 4 is 11.7 Å². The van der Waals surface area contributed by atoms with Crippen LogP contribution in [0.2, 0.25) is 0 Å². The summed E-state index contributed by atoms with van der Waals surface area (Å²) < 4.78 is 14.8. The predicted molar refractivity (Wildman–Crippen MR) is 88.1 cm³/mol. The monoisotopic (exact) mass is 335 g/mol. The van der Waals surface area contributed by atoms with Gasteiger partial charge in [0.15, 0.2) is 5.69 Å². The fourth-order valence-electron chi connectivity index (χ4n) is 3.61. The van der Waals surface area contributed by atoms with Crippen LogP contribution in [0, 0.1) is 11.7 Å². The Morgan fingerprint density at radius 2 is 2.08 bits per heavy atom. The molecule has 0 bridgehead atoms. The van der Waals surface area contributed by atoms with Crippen molar-refractivity contribution < 1.29 is 9.18 Å². The summed E-state index contributed by atoms with van der Waals surface area (Å²) in [4.78, 5) is 20.6. The highest BCUT2D eigenvalue weighted by Gasteiger charge is 2.50. The molecular formula is C18H14FN5O. The number of anilines is 1. The van der Waals surface area contributed by atoms with Crippen LogP contribution in [0.25, 0.3) is 5.69 Å². The summed E-state index contributed by atoms with van der Waals surface area (Å²) in [6.07, 6.45) is 6.54. The molecule has 3 aromatic heterocycles. The van der Waals surface area contributed by atoms with Crippen molar-refractivity contribution in [2.45, 2.75) is 18.8 Å². The quantitative estimate of drug-likeness (QED) is 0.799.